The fraction of sp³-hybridized carbons (Fsp3) is 0.212. The van der Waals surface area contributed by atoms with E-state index in [9.17, 15) is 4.79 Å². The zero-order chi connectivity index (χ0) is 79.5. The van der Waals surface area contributed by atoms with Crippen LogP contribution in [0.5, 0.6) is 0 Å². The van der Waals surface area contributed by atoms with Gasteiger partial charge in [0.15, 0.2) is 0 Å². The molecule has 574 valence electrons. The van der Waals surface area contributed by atoms with Crippen molar-refractivity contribution in [3.63, 3.8) is 0 Å². The van der Waals surface area contributed by atoms with E-state index in [-0.39, 0.29) is 29.6 Å². The van der Waals surface area contributed by atoms with Crippen LogP contribution in [0.2, 0.25) is 20.1 Å². The number of nitrogens with two attached hydrogens (primary N) is 2. The molecule has 7 aromatic heterocycles. The maximum Gasteiger partial charge on any atom is 0.248 e. The third kappa shape index (κ3) is 14.8. The first-order valence-electron chi connectivity index (χ1n) is 37.2. The molecule has 0 fully saturated rings. The van der Waals surface area contributed by atoms with Gasteiger partial charge in [-0.2, -0.15) is 10.2 Å². The van der Waals surface area contributed by atoms with Crippen molar-refractivity contribution >= 4 is 104 Å². The van der Waals surface area contributed by atoms with E-state index >= 15 is 0 Å². The molecule has 0 unspecified atom stereocenters. The van der Waals surface area contributed by atoms with Crippen molar-refractivity contribution in [1.82, 2.24) is 88.6 Å². The first-order valence-corrected chi connectivity index (χ1v) is 38.7. The summed E-state index contributed by atoms with van der Waals surface area (Å²) in [4.78, 5) is 29.2. The number of nitrogen functional groups attached to an aromatic ring is 1. The van der Waals surface area contributed by atoms with Crippen LogP contribution >= 0.6 is 46.4 Å². The van der Waals surface area contributed by atoms with Crippen molar-refractivity contribution in [2.75, 3.05) is 51.5 Å². The second kappa shape index (κ2) is 31.2. The van der Waals surface area contributed by atoms with Crippen molar-refractivity contribution in [3.05, 3.63) is 279 Å². The van der Waals surface area contributed by atoms with Gasteiger partial charge in [0.05, 0.1) is 57.9 Å². The normalized spacial score (nSPS) is 15.7. The number of rotatable bonds is 8. The largest absolute Gasteiger partial charge is 0.368 e. The molecule has 19 rings (SSSR count). The van der Waals surface area contributed by atoms with Crippen LogP contribution < -0.4 is 31.1 Å². The summed E-state index contributed by atoms with van der Waals surface area (Å²) >= 11 is 24.5. The lowest BCUT2D eigenvalue weighted by molar-refractivity contribution is 0.1000. The highest BCUT2D eigenvalue weighted by Gasteiger charge is 2.34. The van der Waals surface area contributed by atoms with Gasteiger partial charge >= 0.3 is 0 Å². The Morgan fingerprint density at radius 3 is 0.886 bits per heavy atom. The van der Waals surface area contributed by atoms with Crippen LogP contribution in [0.1, 0.15) is 108 Å². The number of aromatic nitrogens is 18. The fourth-order valence-corrected chi connectivity index (χ4v) is 15.8. The minimum atomic E-state index is -0.457. The van der Waals surface area contributed by atoms with E-state index in [4.69, 9.17) is 57.9 Å². The SMILES string of the molecule is Cc1nnc2n1-c1ccc(-c3cnc(N)nc3)cc1N(c1ccc(Cl)cc1)C[C@@H]2C.Cc1nnc2n1-c1ccc(-c3cnn(C)c3)cc1N(c1ccc(Cl)cc1)C[C@@H]2C.Cc1nnc2n1-c1ccc(-c3cnn(C)c3)cc1N(c1ccc(Cl)cc1)C[C@H]2C.Cc1nnc2n1-c1ccc(C(N)=O)cc1N(c1ccc(Cl)cc1)C[C@H]2C. The molecule has 0 aliphatic carbocycles. The lowest BCUT2D eigenvalue weighted by Crippen LogP contribution is -2.22. The number of halogens is 4. The number of nitrogens with zero attached hydrogens (tertiary/aromatic N) is 22. The minimum Gasteiger partial charge on any atom is -0.368 e. The molecule has 0 radical (unpaired) electrons. The van der Waals surface area contributed by atoms with E-state index in [1.807, 2.05) is 165 Å². The molecular weight excluding hydrogens is 1510 g/mol. The van der Waals surface area contributed by atoms with Gasteiger partial charge in [0, 0.05) is 154 Å². The van der Waals surface area contributed by atoms with Crippen molar-refractivity contribution in [2.45, 2.75) is 79.1 Å². The third-order valence-electron chi connectivity index (χ3n) is 20.9. The van der Waals surface area contributed by atoms with Gasteiger partial charge in [-0.25, -0.2) is 9.97 Å². The van der Waals surface area contributed by atoms with Crippen LogP contribution in [0.3, 0.4) is 0 Å². The number of fused-ring (bicyclic) bond motifs is 12. The molecule has 25 nitrogen and oxygen atoms in total. The average Bonchev–Trinajstić information content (AvgIpc) is 1.60. The molecule has 4 aliphatic heterocycles. The lowest BCUT2D eigenvalue weighted by atomic mass is 10.1. The number of amides is 1. The summed E-state index contributed by atoms with van der Waals surface area (Å²) in [5, 5.41) is 46.5. The highest BCUT2D eigenvalue weighted by Crippen LogP contribution is 2.46. The van der Waals surface area contributed by atoms with Crippen LogP contribution in [0.4, 0.5) is 51.4 Å². The Bertz CT molecular complexity index is 5880. The van der Waals surface area contributed by atoms with Gasteiger partial charge in [0.25, 0.3) is 0 Å². The topological polar surface area (TPSA) is 266 Å². The van der Waals surface area contributed by atoms with Gasteiger partial charge in [0.2, 0.25) is 11.9 Å². The standard InChI is InChI=1S/C22H20ClN7.2C22H21ClN6.C19H18ClN5O/c1-13-12-29(18-6-4-17(23)5-7-18)20-9-15(16-10-25-22(24)26-11-16)3-8-19(20)30-14(2)27-28-21(13)30;2*1-14-12-28(19-7-5-18(23)6-8-19)21-10-16(17-11-24-27(3)13-17)4-9-20(21)29-15(2)25-26-22(14)29;1-11-10-24(15-6-4-14(20)5-7-15)17-9-13(18(21)26)3-8-16(17)25-12(2)22-23-19(11)25/h3-11,13H,12H2,1-2H3,(H2,24,25,26);2*4-11,13-14H,12H2,1-3H3;3-9,11H,10H2,1-2H3,(H2,21,26)/t13-;2*14-;11-/m0101/s1. The number of hydrogen-bond donors (Lipinski definition) is 2. The minimum absolute atomic E-state index is 0.135. The van der Waals surface area contributed by atoms with Gasteiger partial charge in [-0.1, -0.05) is 92.3 Å². The number of benzene rings is 8. The molecule has 1 amide bonds. The Balaban J connectivity index is 0.000000115. The van der Waals surface area contributed by atoms with Gasteiger partial charge < -0.3 is 31.1 Å². The predicted octanol–water partition coefficient (Wildman–Crippen LogP) is 17.9. The van der Waals surface area contributed by atoms with Crippen molar-refractivity contribution in [3.8, 4) is 56.1 Å². The third-order valence-corrected chi connectivity index (χ3v) is 21.9. The van der Waals surface area contributed by atoms with E-state index in [0.29, 0.717) is 22.2 Å². The summed E-state index contributed by atoms with van der Waals surface area (Å²) in [7, 11) is 3.86. The maximum absolute atomic E-state index is 11.7. The summed E-state index contributed by atoms with van der Waals surface area (Å²) in [6.07, 6.45) is 11.3. The molecule has 8 aromatic carbocycles. The summed E-state index contributed by atoms with van der Waals surface area (Å²) in [6, 6.07) is 56.3. The monoisotopic (exact) mass is 1590 g/mol. The number of aryl methyl sites for hydroxylation is 6. The van der Waals surface area contributed by atoms with Gasteiger partial charge in [0.1, 0.15) is 46.6 Å². The Kier molecular flexibility index (Phi) is 20.7. The first kappa shape index (κ1) is 75.5. The van der Waals surface area contributed by atoms with Crippen molar-refractivity contribution in [1.29, 1.82) is 0 Å². The summed E-state index contributed by atoms with van der Waals surface area (Å²) < 4.78 is 12.2. The predicted molar refractivity (Wildman–Crippen MR) is 450 cm³/mol. The molecule has 4 N–H and O–H groups in total. The molecule has 0 saturated heterocycles. The van der Waals surface area contributed by atoms with Crippen LogP contribution in [0.25, 0.3) is 56.1 Å². The van der Waals surface area contributed by atoms with Crippen LogP contribution in [-0.2, 0) is 14.1 Å². The Labute approximate surface area is 678 Å². The lowest BCUT2D eigenvalue weighted by Gasteiger charge is -2.27. The Morgan fingerprint density at radius 1 is 0.342 bits per heavy atom. The molecule has 15 aromatic rings. The van der Waals surface area contributed by atoms with E-state index in [1.165, 1.54) is 0 Å². The zero-order valence-corrected chi connectivity index (χ0v) is 67.2. The Hall–Kier alpha value is -12.6. The Morgan fingerprint density at radius 2 is 0.614 bits per heavy atom. The van der Waals surface area contributed by atoms with Crippen LogP contribution in [0, 0.1) is 27.7 Å². The summed E-state index contributed by atoms with van der Waals surface area (Å²) in [5.41, 5.74) is 30.5. The van der Waals surface area contributed by atoms with Crippen molar-refractivity contribution in [2.24, 2.45) is 19.8 Å². The second-order valence-electron chi connectivity index (χ2n) is 29.0. The average molecular weight is 1600 g/mol. The van der Waals surface area contributed by atoms with E-state index in [0.717, 1.165) is 178 Å². The molecule has 29 heteroatoms. The fourth-order valence-electron chi connectivity index (χ4n) is 15.3. The smallest absolute Gasteiger partial charge is 0.248 e. The quantitative estimate of drug-likeness (QED) is 0.143. The molecular formula is C85H80Cl4N24O. The molecule has 4 aliphatic rings. The molecule has 0 saturated carbocycles. The maximum atomic E-state index is 11.7. The number of primary amides is 1. The van der Waals surface area contributed by atoms with E-state index < -0.39 is 5.91 Å². The molecule has 0 bridgehead atoms. The van der Waals surface area contributed by atoms with Gasteiger partial charge in [-0.3, -0.25) is 32.4 Å². The van der Waals surface area contributed by atoms with Gasteiger partial charge in [-0.15, -0.1) is 40.8 Å². The summed E-state index contributed by atoms with van der Waals surface area (Å²) in [6.45, 7) is 19.6. The molecule has 0 spiro atoms. The van der Waals surface area contributed by atoms with E-state index in [1.54, 1.807) is 18.5 Å². The number of hydrogen-bond acceptors (Lipinski definition) is 18. The molecule has 114 heavy (non-hydrogen) atoms. The highest BCUT2D eigenvalue weighted by atomic mass is 35.5. The number of anilines is 9. The molecule has 11 heterocycles. The number of carbonyl (C=O) groups excluding carboxylic acids is 1. The van der Waals surface area contributed by atoms with Crippen LogP contribution in [0.15, 0.2) is 207 Å². The highest BCUT2D eigenvalue weighted by molar-refractivity contribution is 6.31. The van der Waals surface area contributed by atoms with E-state index in [2.05, 4.69) is 201 Å². The zero-order valence-electron chi connectivity index (χ0n) is 64.2. The molecule has 4 atom stereocenters. The van der Waals surface area contributed by atoms with Crippen LogP contribution in [-0.4, -0.2) is 121 Å². The number of carbonyl (C=O) groups is 1. The summed E-state index contributed by atoms with van der Waals surface area (Å²) in [5.74, 6) is 7.79. The second-order valence-corrected chi connectivity index (χ2v) is 30.8. The first-order chi connectivity index (χ1) is 55.0. The van der Waals surface area contributed by atoms with Crippen molar-refractivity contribution < 1.29 is 4.79 Å². The van der Waals surface area contributed by atoms with Gasteiger partial charge in [-0.05, 0) is 196 Å².